The first-order valence-corrected chi connectivity index (χ1v) is 6.78. The molecule has 2 nitrogen and oxygen atoms in total. The molecule has 0 fully saturated rings. The summed E-state index contributed by atoms with van der Waals surface area (Å²) in [6.07, 6.45) is 2.94. The maximum atomic E-state index is 12.4. The highest BCUT2D eigenvalue weighted by Gasteiger charge is 2.33. The topological polar surface area (TPSA) is 26.3 Å². The molecule has 0 aromatic heterocycles. The van der Waals surface area contributed by atoms with Crippen LogP contribution in [0.4, 0.5) is 0 Å². The number of hydrogen-bond acceptors (Lipinski definition) is 2. The van der Waals surface area contributed by atoms with E-state index in [1.165, 1.54) is 5.56 Å². The van der Waals surface area contributed by atoms with Crippen molar-refractivity contribution in [3.63, 3.8) is 0 Å². The van der Waals surface area contributed by atoms with Crippen LogP contribution in [0.2, 0.25) is 0 Å². The van der Waals surface area contributed by atoms with Crippen LogP contribution in [0.15, 0.2) is 24.3 Å². The van der Waals surface area contributed by atoms with Crippen LogP contribution in [0.5, 0.6) is 0 Å². The molecule has 0 unspecified atom stereocenters. The molecular formula is C16H24O2. The molecule has 2 heteroatoms. The van der Waals surface area contributed by atoms with Gasteiger partial charge in [-0.2, -0.15) is 0 Å². The normalized spacial score (nSPS) is 11.6. The Morgan fingerprint density at radius 3 is 1.94 bits per heavy atom. The summed E-state index contributed by atoms with van der Waals surface area (Å²) in [5.74, 6) is 0.180. The molecule has 1 aromatic rings. The van der Waals surface area contributed by atoms with Gasteiger partial charge in [0.2, 0.25) is 0 Å². The SMILES string of the molecule is CCc1ccc(CC(=O)C(CC)(CC)OC)cc1. The lowest BCUT2D eigenvalue weighted by molar-refractivity contribution is -0.141. The fourth-order valence-corrected chi connectivity index (χ4v) is 2.29. The number of carbonyl (C=O) groups is 1. The molecule has 0 amide bonds. The Morgan fingerprint density at radius 2 is 1.56 bits per heavy atom. The van der Waals surface area contributed by atoms with E-state index >= 15 is 0 Å². The molecule has 0 aliphatic heterocycles. The van der Waals surface area contributed by atoms with Crippen molar-refractivity contribution in [2.45, 2.75) is 52.1 Å². The monoisotopic (exact) mass is 248 g/mol. The van der Waals surface area contributed by atoms with E-state index in [0.29, 0.717) is 6.42 Å². The highest BCUT2D eigenvalue weighted by molar-refractivity contribution is 5.89. The van der Waals surface area contributed by atoms with Crippen LogP contribution in [0, 0.1) is 0 Å². The van der Waals surface area contributed by atoms with Gasteiger partial charge in [-0.25, -0.2) is 0 Å². The minimum Gasteiger partial charge on any atom is -0.370 e. The quantitative estimate of drug-likeness (QED) is 0.737. The summed E-state index contributed by atoms with van der Waals surface area (Å²) in [7, 11) is 1.63. The van der Waals surface area contributed by atoms with Gasteiger partial charge >= 0.3 is 0 Å². The molecule has 0 bridgehead atoms. The third kappa shape index (κ3) is 3.20. The number of ketones is 1. The van der Waals surface area contributed by atoms with Gasteiger partial charge in [0, 0.05) is 13.5 Å². The van der Waals surface area contributed by atoms with E-state index in [4.69, 9.17) is 4.74 Å². The fraction of sp³-hybridized carbons (Fsp3) is 0.562. The minimum absolute atomic E-state index is 0.180. The molecule has 0 radical (unpaired) electrons. The van der Waals surface area contributed by atoms with Gasteiger partial charge in [-0.15, -0.1) is 0 Å². The van der Waals surface area contributed by atoms with Gasteiger partial charge in [0.25, 0.3) is 0 Å². The third-order valence-corrected chi connectivity index (χ3v) is 3.84. The van der Waals surface area contributed by atoms with Gasteiger partial charge in [0.15, 0.2) is 5.78 Å². The zero-order valence-corrected chi connectivity index (χ0v) is 12.0. The van der Waals surface area contributed by atoms with E-state index in [2.05, 4.69) is 19.1 Å². The average Bonchev–Trinajstić information content (AvgIpc) is 2.42. The highest BCUT2D eigenvalue weighted by atomic mass is 16.5. The summed E-state index contributed by atoms with van der Waals surface area (Å²) in [6, 6.07) is 8.27. The number of hydrogen-bond donors (Lipinski definition) is 0. The van der Waals surface area contributed by atoms with Gasteiger partial charge in [0.05, 0.1) is 0 Å². The Labute approximate surface area is 110 Å². The maximum Gasteiger partial charge on any atom is 0.168 e. The standard InChI is InChI=1S/C16H24O2/c1-5-13-8-10-14(11-9-13)12-15(17)16(6-2,7-3)18-4/h8-11H,5-7,12H2,1-4H3. The summed E-state index contributed by atoms with van der Waals surface area (Å²) in [5.41, 5.74) is 1.76. The first-order chi connectivity index (χ1) is 8.61. The first-order valence-electron chi connectivity index (χ1n) is 6.78. The molecule has 0 atom stereocenters. The van der Waals surface area contributed by atoms with Crippen LogP contribution in [-0.2, 0) is 22.4 Å². The van der Waals surface area contributed by atoms with E-state index in [0.717, 1.165) is 24.8 Å². The molecule has 0 spiro atoms. The lowest BCUT2D eigenvalue weighted by Crippen LogP contribution is -2.40. The number of ether oxygens (including phenoxy) is 1. The largest absolute Gasteiger partial charge is 0.370 e. The van der Waals surface area contributed by atoms with E-state index in [9.17, 15) is 4.79 Å². The van der Waals surface area contributed by atoms with E-state index in [1.807, 2.05) is 26.0 Å². The molecule has 0 aliphatic carbocycles. The first kappa shape index (κ1) is 14.9. The van der Waals surface area contributed by atoms with Crippen molar-refractivity contribution < 1.29 is 9.53 Å². The lowest BCUT2D eigenvalue weighted by atomic mass is 9.88. The maximum absolute atomic E-state index is 12.4. The van der Waals surface area contributed by atoms with Gasteiger partial charge < -0.3 is 4.74 Å². The predicted molar refractivity (Wildman–Crippen MR) is 74.9 cm³/mol. The van der Waals surface area contributed by atoms with Gasteiger partial charge in [-0.1, -0.05) is 45.0 Å². The highest BCUT2D eigenvalue weighted by Crippen LogP contribution is 2.23. The van der Waals surface area contributed by atoms with Crippen molar-refractivity contribution >= 4 is 5.78 Å². The molecule has 1 rings (SSSR count). The second kappa shape index (κ2) is 6.69. The zero-order valence-electron chi connectivity index (χ0n) is 12.0. The summed E-state index contributed by atoms with van der Waals surface area (Å²) >= 11 is 0. The van der Waals surface area contributed by atoms with Crippen LogP contribution in [0.25, 0.3) is 0 Å². The summed E-state index contributed by atoms with van der Waals surface area (Å²) in [5, 5.41) is 0. The number of methoxy groups -OCH3 is 1. The van der Waals surface area contributed by atoms with Crippen LogP contribution in [0.3, 0.4) is 0 Å². The van der Waals surface area contributed by atoms with Crippen LogP contribution in [0.1, 0.15) is 44.7 Å². The third-order valence-electron chi connectivity index (χ3n) is 3.84. The Balaban J connectivity index is 2.79. The Bertz CT molecular complexity index is 366. The molecule has 0 aliphatic rings. The van der Waals surface area contributed by atoms with Gasteiger partial charge in [-0.3, -0.25) is 4.79 Å². The predicted octanol–water partition coefficient (Wildman–Crippen LogP) is 3.57. The van der Waals surface area contributed by atoms with Gasteiger partial charge in [0.1, 0.15) is 5.60 Å². The Hall–Kier alpha value is -1.15. The fourth-order valence-electron chi connectivity index (χ4n) is 2.29. The van der Waals surface area contributed by atoms with Crippen molar-refractivity contribution in [1.82, 2.24) is 0 Å². The molecule has 100 valence electrons. The molecule has 0 N–H and O–H groups in total. The number of benzene rings is 1. The summed E-state index contributed by atoms with van der Waals surface area (Å²) in [4.78, 5) is 12.4. The molecular weight excluding hydrogens is 224 g/mol. The van der Waals surface area contributed by atoms with Crippen LogP contribution in [-0.4, -0.2) is 18.5 Å². The Kier molecular flexibility index (Phi) is 5.54. The van der Waals surface area contributed by atoms with Crippen molar-refractivity contribution in [1.29, 1.82) is 0 Å². The molecule has 18 heavy (non-hydrogen) atoms. The van der Waals surface area contributed by atoms with E-state index in [1.54, 1.807) is 7.11 Å². The molecule has 1 aromatic carbocycles. The second-order valence-corrected chi connectivity index (χ2v) is 4.68. The number of carbonyl (C=O) groups excluding carboxylic acids is 1. The average molecular weight is 248 g/mol. The number of Topliss-reactive ketones (excluding diaryl/α,β-unsaturated/α-hetero) is 1. The number of rotatable bonds is 7. The zero-order chi connectivity index (χ0) is 13.6. The molecule has 0 saturated carbocycles. The smallest absolute Gasteiger partial charge is 0.168 e. The van der Waals surface area contributed by atoms with Crippen molar-refractivity contribution in [2.75, 3.05) is 7.11 Å². The van der Waals surface area contributed by atoms with Crippen molar-refractivity contribution in [3.05, 3.63) is 35.4 Å². The Morgan fingerprint density at radius 1 is 1.06 bits per heavy atom. The molecule has 0 saturated heterocycles. The summed E-state index contributed by atoms with van der Waals surface area (Å²) in [6.45, 7) is 6.14. The van der Waals surface area contributed by atoms with Crippen LogP contribution >= 0.6 is 0 Å². The number of aryl methyl sites for hydroxylation is 1. The molecule has 0 heterocycles. The second-order valence-electron chi connectivity index (χ2n) is 4.68. The van der Waals surface area contributed by atoms with Crippen molar-refractivity contribution in [3.8, 4) is 0 Å². The minimum atomic E-state index is -0.608. The van der Waals surface area contributed by atoms with Crippen molar-refractivity contribution in [2.24, 2.45) is 0 Å². The van der Waals surface area contributed by atoms with Gasteiger partial charge in [-0.05, 0) is 30.4 Å². The van der Waals surface area contributed by atoms with E-state index < -0.39 is 5.60 Å². The van der Waals surface area contributed by atoms with E-state index in [-0.39, 0.29) is 5.78 Å². The lowest BCUT2D eigenvalue weighted by Gasteiger charge is -2.28. The van der Waals surface area contributed by atoms with Crippen LogP contribution < -0.4 is 0 Å². The summed E-state index contributed by atoms with van der Waals surface area (Å²) < 4.78 is 5.47.